The lowest BCUT2D eigenvalue weighted by Gasteiger charge is -2.27. The fraction of sp³-hybridized carbons (Fsp3) is 0.625. The van der Waals surface area contributed by atoms with Gasteiger partial charge in [-0.05, 0) is 41.4 Å². The molecule has 0 aliphatic carbocycles. The van der Waals surface area contributed by atoms with E-state index >= 15 is 0 Å². The lowest BCUT2D eigenvalue weighted by molar-refractivity contribution is 0.508. The zero-order chi connectivity index (χ0) is 12.3. The molecule has 0 amide bonds. The van der Waals surface area contributed by atoms with Gasteiger partial charge >= 0.3 is 0 Å². The van der Waals surface area contributed by atoms with E-state index in [2.05, 4.69) is 44.3 Å². The van der Waals surface area contributed by atoms with Gasteiger partial charge in [-0.2, -0.15) is 0 Å². The van der Waals surface area contributed by atoms with Crippen molar-refractivity contribution in [3.8, 4) is 0 Å². The summed E-state index contributed by atoms with van der Waals surface area (Å²) in [5, 5.41) is 3.56. The summed E-state index contributed by atoms with van der Waals surface area (Å²) in [5.41, 5.74) is 4.63. The highest BCUT2D eigenvalue weighted by Crippen LogP contribution is 2.28. The molecule has 0 aromatic heterocycles. The molecule has 1 aliphatic heterocycles. The Morgan fingerprint density at radius 2 is 2.18 bits per heavy atom. The summed E-state index contributed by atoms with van der Waals surface area (Å²) >= 11 is 0. The van der Waals surface area contributed by atoms with Crippen LogP contribution < -0.4 is 5.32 Å². The number of rotatable bonds is 4. The molecule has 0 fully saturated rings. The Morgan fingerprint density at radius 1 is 1.35 bits per heavy atom. The topological polar surface area (TPSA) is 12.0 Å². The normalized spacial score (nSPS) is 19.4. The maximum absolute atomic E-state index is 3.56. The SMILES string of the molecule is CCCC1CNCc2cc(CC(C)C)ccc21. The molecule has 0 radical (unpaired) electrons. The molecular weight excluding hydrogens is 206 g/mol. The molecule has 94 valence electrons. The highest BCUT2D eigenvalue weighted by molar-refractivity contribution is 5.36. The molecule has 17 heavy (non-hydrogen) atoms. The summed E-state index contributed by atoms with van der Waals surface area (Å²) in [6, 6.07) is 7.14. The monoisotopic (exact) mass is 231 g/mol. The second kappa shape index (κ2) is 5.68. The van der Waals surface area contributed by atoms with Gasteiger partial charge in [0.05, 0.1) is 0 Å². The summed E-state index contributed by atoms with van der Waals surface area (Å²) in [6.07, 6.45) is 3.79. The molecule has 0 saturated heterocycles. The second-order valence-electron chi connectivity index (χ2n) is 5.75. The molecule has 1 atom stereocenters. The largest absolute Gasteiger partial charge is 0.312 e. The number of hydrogen-bond donors (Lipinski definition) is 1. The lowest BCUT2D eigenvalue weighted by atomic mass is 9.86. The van der Waals surface area contributed by atoms with Crippen LogP contribution in [-0.2, 0) is 13.0 Å². The summed E-state index contributed by atoms with van der Waals surface area (Å²) in [7, 11) is 0. The van der Waals surface area contributed by atoms with E-state index in [0.717, 1.165) is 24.9 Å². The molecule has 2 rings (SSSR count). The van der Waals surface area contributed by atoms with E-state index in [1.807, 2.05) is 0 Å². The summed E-state index contributed by atoms with van der Waals surface area (Å²) in [5.74, 6) is 1.48. The maximum Gasteiger partial charge on any atom is 0.0208 e. The van der Waals surface area contributed by atoms with Crippen LogP contribution in [-0.4, -0.2) is 6.54 Å². The van der Waals surface area contributed by atoms with Crippen molar-refractivity contribution in [2.24, 2.45) is 5.92 Å². The molecular formula is C16H25N. The molecule has 1 heterocycles. The third kappa shape index (κ3) is 3.10. The average molecular weight is 231 g/mol. The third-order valence-electron chi connectivity index (χ3n) is 3.63. The van der Waals surface area contributed by atoms with Crippen LogP contribution in [0.3, 0.4) is 0 Å². The zero-order valence-corrected chi connectivity index (χ0v) is 11.4. The van der Waals surface area contributed by atoms with Gasteiger partial charge in [0.15, 0.2) is 0 Å². The number of benzene rings is 1. The van der Waals surface area contributed by atoms with Crippen molar-refractivity contribution in [1.29, 1.82) is 0 Å². The van der Waals surface area contributed by atoms with E-state index in [0.29, 0.717) is 0 Å². The molecule has 1 aliphatic rings. The van der Waals surface area contributed by atoms with Crippen molar-refractivity contribution in [1.82, 2.24) is 5.32 Å². The summed E-state index contributed by atoms with van der Waals surface area (Å²) < 4.78 is 0. The van der Waals surface area contributed by atoms with Gasteiger partial charge in [0, 0.05) is 13.1 Å². The molecule has 0 saturated carbocycles. The van der Waals surface area contributed by atoms with E-state index in [9.17, 15) is 0 Å². The average Bonchev–Trinajstić information content (AvgIpc) is 2.28. The Bertz CT molecular complexity index is 368. The van der Waals surface area contributed by atoms with E-state index in [-0.39, 0.29) is 0 Å². The molecule has 0 spiro atoms. The zero-order valence-electron chi connectivity index (χ0n) is 11.4. The number of fused-ring (bicyclic) bond motifs is 1. The van der Waals surface area contributed by atoms with Crippen LogP contribution >= 0.6 is 0 Å². The van der Waals surface area contributed by atoms with Gasteiger partial charge in [0.1, 0.15) is 0 Å². The van der Waals surface area contributed by atoms with E-state index in [1.54, 1.807) is 5.56 Å². The van der Waals surface area contributed by atoms with Gasteiger partial charge in [-0.15, -0.1) is 0 Å². The molecule has 1 heteroatoms. The standard InChI is InChI=1S/C16H25N/c1-4-5-14-10-17-11-15-9-13(8-12(2)3)6-7-16(14)15/h6-7,9,12,14,17H,4-5,8,10-11H2,1-3H3. The van der Waals surface area contributed by atoms with Gasteiger partial charge in [-0.3, -0.25) is 0 Å². The van der Waals surface area contributed by atoms with Crippen LogP contribution in [0.2, 0.25) is 0 Å². The van der Waals surface area contributed by atoms with Crippen molar-refractivity contribution >= 4 is 0 Å². The molecule has 1 aromatic rings. The molecule has 0 bridgehead atoms. The van der Waals surface area contributed by atoms with Crippen molar-refractivity contribution in [3.05, 3.63) is 34.9 Å². The first-order valence-electron chi connectivity index (χ1n) is 7.03. The van der Waals surface area contributed by atoms with Crippen molar-refractivity contribution in [2.75, 3.05) is 6.54 Å². The van der Waals surface area contributed by atoms with E-state index < -0.39 is 0 Å². The highest BCUT2D eigenvalue weighted by atomic mass is 14.9. The predicted octanol–water partition coefficient (Wildman–Crippen LogP) is 3.87. The first kappa shape index (κ1) is 12.6. The minimum atomic E-state index is 0.733. The smallest absolute Gasteiger partial charge is 0.0208 e. The van der Waals surface area contributed by atoms with Gasteiger partial charge in [0.2, 0.25) is 0 Å². The van der Waals surface area contributed by atoms with Crippen LogP contribution in [0.25, 0.3) is 0 Å². The Balaban J connectivity index is 2.20. The third-order valence-corrected chi connectivity index (χ3v) is 3.63. The molecule has 1 aromatic carbocycles. The molecule has 1 nitrogen and oxygen atoms in total. The van der Waals surface area contributed by atoms with Crippen molar-refractivity contribution in [3.63, 3.8) is 0 Å². The lowest BCUT2D eigenvalue weighted by Crippen LogP contribution is -2.28. The quantitative estimate of drug-likeness (QED) is 0.829. The highest BCUT2D eigenvalue weighted by Gasteiger charge is 2.19. The fourth-order valence-corrected chi connectivity index (χ4v) is 2.91. The van der Waals surface area contributed by atoms with Crippen LogP contribution in [0, 0.1) is 5.92 Å². The Morgan fingerprint density at radius 3 is 2.88 bits per heavy atom. The first-order valence-corrected chi connectivity index (χ1v) is 7.03. The minimum absolute atomic E-state index is 0.733. The van der Waals surface area contributed by atoms with E-state index in [1.165, 1.54) is 30.4 Å². The van der Waals surface area contributed by atoms with Crippen LogP contribution in [0.1, 0.15) is 56.2 Å². The van der Waals surface area contributed by atoms with Gasteiger partial charge in [-0.25, -0.2) is 0 Å². The van der Waals surface area contributed by atoms with Crippen LogP contribution in [0.4, 0.5) is 0 Å². The molecule has 1 N–H and O–H groups in total. The van der Waals surface area contributed by atoms with Gasteiger partial charge in [-0.1, -0.05) is 45.4 Å². The Labute approximate surface area is 106 Å². The van der Waals surface area contributed by atoms with Crippen molar-refractivity contribution in [2.45, 2.75) is 52.5 Å². The predicted molar refractivity (Wildman–Crippen MR) is 74.3 cm³/mol. The minimum Gasteiger partial charge on any atom is -0.312 e. The Kier molecular flexibility index (Phi) is 4.22. The van der Waals surface area contributed by atoms with E-state index in [4.69, 9.17) is 0 Å². The van der Waals surface area contributed by atoms with Gasteiger partial charge in [0.25, 0.3) is 0 Å². The fourth-order valence-electron chi connectivity index (χ4n) is 2.91. The Hall–Kier alpha value is -0.820. The summed E-state index contributed by atoms with van der Waals surface area (Å²) in [6.45, 7) is 9.07. The summed E-state index contributed by atoms with van der Waals surface area (Å²) in [4.78, 5) is 0. The first-order chi connectivity index (χ1) is 8.20. The van der Waals surface area contributed by atoms with Crippen molar-refractivity contribution < 1.29 is 0 Å². The van der Waals surface area contributed by atoms with Gasteiger partial charge < -0.3 is 5.32 Å². The molecule has 1 unspecified atom stereocenters. The maximum atomic E-state index is 3.56. The van der Waals surface area contributed by atoms with Crippen LogP contribution in [0.5, 0.6) is 0 Å². The number of nitrogens with one attached hydrogen (secondary N) is 1. The second-order valence-corrected chi connectivity index (χ2v) is 5.75. The van der Waals surface area contributed by atoms with Crippen LogP contribution in [0.15, 0.2) is 18.2 Å². The number of hydrogen-bond acceptors (Lipinski definition) is 1.